The predicted molar refractivity (Wildman–Crippen MR) is 145 cm³/mol. The number of hydrogen-bond donors (Lipinski definition) is 1. The van der Waals surface area contributed by atoms with Crippen molar-refractivity contribution in [3.05, 3.63) is 65.2 Å². The van der Waals surface area contributed by atoms with Gasteiger partial charge in [-0.05, 0) is 50.5 Å². The minimum atomic E-state index is -5.02. The zero-order valence-electron chi connectivity index (χ0n) is 23.0. The molecule has 1 N–H and O–H groups in total. The summed E-state index contributed by atoms with van der Waals surface area (Å²) in [7, 11) is 1.35. The van der Waals surface area contributed by atoms with Crippen LogP contribution in [0.3, 0.4) is 0 Å². The van der Waals surface area contributed by atoms with Crippen molar-refractivity contribution >= 4 is 23.1 Å². The fourth-order valence-electron chi connectivity index (χ4n) is 5.08. The minimum Gasteiger partial charge on any atom is -0.473 e. The van der Waals surface area contributed by atoms with Crippen molar-refractivity contribution in [3.8, 4) is 0 Å². The number of halogens is 5. The summed E-state index contributed by atoms with van der Waals surface area (Å²) < 4.78 is 80.1. The Kier molecular flexibility index (Phi) is 9.02. The molecule has 212 valence electrons. The molecule has 3 rings (SSSR count). The highest BCUT2D eigenvalue weighted by atomic mass is 19.4. The van der Waals surface area contributed by atoms with Crippen molar-refractivity contribution < 1.29 is 26.7 Å². The lowest BCUT2D eigenvalue weighted by Gasteiger charge is -2.40. The van der Waals surface area contributed by atoms with Crippen molar-refractivity contribution in [1.82, 2.24) is 4.90 Å². The predicted octanol–water partition coefficient (Wildman–Crippen LogP) is 7.18. The van der Waals surface area contributed by atoms with Gasteiger partial charge in [-0.15, -0.1) is 0 Å². The van der Waals surface area contributed by atoms with Crippen molar-refractivity contribution in [2.45, 2.75) is 65.8 Å². The molecular formula is C28H34F5N5O. The van der Waals surface area contributed by atoms with Crippen LogP contribution in [-0.4, -0.2) is 48.0 Å². The highest BCUT2D eigenvalue weighted by Crippen LogP contribution is 2.40. The molecule has 2 aliphatic rings. The van der Waals surface area contributed by atoms with E-state index in [-0.39, 0.29) is 41.5 Å². The number of aliphatic imine (C=N–C) groups is 3. The number of allylic oxidation sites excluding steroid dienone is 1. The second kappa shape index (κ2) is 11.7. The number of anilines is 1. The van der Waals surface area contributed by atoms with Gasteiger partial charge in [-0.25, -0.2) is 23.8 Å². The summed E-state index contributed by atoms with van der Waals surface area (Å²) in [5.74, 6) is -1.88. The first-order valence-corrected chi connectivity index (χ1v) is 12.7. The number of rotatable bonds is 6. The molecule has 2 heterocycles. The SMILES string of the molecule is C=CC1=N/C2=C(F)/C(c3cc(NC)c(F)c(C)c3C(F)(F)F)=N\C(=C)OC(C)C(C(C)C)N(CCC)C(=N1)C2. The fraction of sp³-hybridized carbons (Fsp3) is 0.464. The van der Waals surface area contributed by atoms with Gasteiger partial charge in [0.05, 0.1) is 29.4 Å². The first-order chi connectivity index (χ1) is 18.2. The molecule has 0 saturated heterocycles. The number of nitrogens with one attached hydrogen (secondary N) is 1. The number of hydrogen-bond acceptors (Lipinski definition) is 6. The van der Waals surface area contributed by atoms with Crippen LogP contribution >= 0.6 is 0 Å². The number of benzene rings is 1. The van der Waals surface area contributed by atoms with Crippen LogP contribution in [0.15, 0.2) is 57.7 Å². The smallest absolute Gasteiger partial charge is 0.417 e. The molecule has 1 aromatic rings. The Morgan fingerprint density at radius 3 is 2.44 bits per heavy atom. The maximum atomic E-state index is 16.4. The van der Waals surface area contributed by atoms with Gasteiger partial charge in [0.25, 0.3) is 0 Å². The molecule has 2 atom stereocenters. The van der Waals surface area contributed by atoms with E-state index in [9.17, 15) is 17.6 Å². The number of ether oxygens (including phenoxy) is 1. The van der Waals surface area contributed by atoms with Crippen LogP contribution in [0.5, 0.6) is 0 Å². The summed E-state index contributed by atoms with van der Waals surface area (Å²) in [5, 5.41) is 2.53. The van der Waals surface area contributed by atoms with Crippen LogP contribution in [0, 0.1) is 18.7 Å². The van der Waals surface area contributed by atoms with Crippen LogP contribution < -0.4 is 5.32 Å². The Morgan fingerprint density at radius 1 is 1.23 bits per heavy atom. The van der Waals surface area contributed by atoms with Crippen LogP contribution in [0.4, 0.5) is 27.6 Å². The first kappa shape index (κ1) is 30.0. The summed E-state index contributed by atoms with van der Waals surface area (Å²) >= 11 is 0. The van der Waals surface area contributed by atoms with E-state index in [0.29, 0.717) is 12.4 Å². The third kappa shape index (κ3) is 6.07. The van der Waals surface area contributed by atoms with E-state index in [0.717, 1.165) is 19.4 Å². The highest BCUT2D eigenvalue weighted by molar-refractivity contribution is 6.15. The largest absolute Gasteiger partial charge is 0.473 e. The number of nitrogens with zero attached hydrogens (tertiary/aromatic N) is 4. The molecule has 0 radical (unpaired) electrons. The minimum absolute atomic E-state index is 0.0457. The number of fused-ring (bicyclic) bond motifs is 2. The van der Waals surface area contributed by atoms with E-state index >= 15 is 4.39 Å². The molecule has 0 spiro atoms. The van der Waals surface area contributed by atoms with Crippen LogP contribution in [0.25, 0.3) is 0 Å². The van der Waals surface area contributed by atoms with Gasteiger partial charge < -0.3 is 15.0 Å². The monoisotopic (exact) mass is 551 g/mol. The third-order valence-corrected chi connectivity index (χ3v) is 6.65. The molecule has 1 aromatic carbocycles. The lowest BCUT2D eigenvalue weighted by atomic mass is 9.94. The van der Waals surface area contributed by atoms with Gasteiger partial charge in [0.1, 0.15) is 23.5 Å². The zero-order valence-corrected chi connectivity index (χ0v) is 23.0. The first-order valence-electron chi connectivity index (χ1n) is 12.7. The van der Waals surface area contributed by atoms with E-state index in [1.54, 1.807) is 6.92 Å². The second-order valence-corrected chi connectivity index (χ2v) is 9.78. The Labute approximate surface area is 225 Å². The number of alkyl halides is 3. The average Bonchev–Trinajstić information content (AvgIpc) is 2.87. The van der Waals surface area contributed by atoms with E-state index in [1.165, 1.54) is 13.1 Å². The van der Waals surface area contributed by atoms with E-state index in [1.807, 2.05) is 25.7 Å². The standard InChI is InChI=1S/C28H34F5N5O/c1-9-11-38-22-13-20(36-21(10-2)37-22)25(30)26(35-17(7)39-16(6)27(38)14(3)4)18-12-19(34-8)24(29)15(5)23(18)28(31,32)33/h10,12,14,16,27,34H,2,7,9,11,13H2,1,3-6,8H3/b25-20-,35-26-. The maximum absolute atomic E-state index is 16.4. The summed E-state index contributed by atoms with van der Waals surface area (Å²) in [4.78, 5) is 14.9. The molecule has 39 heavy (non-hydrogen) atoms. The summed E-state index contributed by atoms with van der Waals surface area (Å²) in [6, 6.07) is 0.636. The summed E-state index contributed by atoms with van der Waals surface area (Å²) in [6.07, 6.45) is -3.57. The van der Waals surface area contributed by atoms with Gasteiger partial charge in [0, 0.05) is 19.2 Å². The molecule has 0 amide bonds. The average molecular weight is 552 g/mol. The van der Waals surface area contributed by atoms with E-state index < -0.39 is 46.3 Å². The molecule has 11 heteroatoms. The lowest BCUT2D eigenvalue weighted by molar-refractivity contribution is -0.138. The Hall–Kier alpha value is -3.50. The molecule has 0 aliphatic carbocycles. The second-order valence-electron chi connectivity index (χ2n) is 9.78. The van der Waals surface area contributed by atoms with Crippen molar-refractivity contribution in [2.75, 3.05) is 18.9 Å². The quantitative estimate of drug-likeness (QED) is 0.381. The molecule has 0 fully saturated rings. The zero-order chi connectivity index (χ0) is 29.2. The van der Waals surface area contributed by atoms with Crippen LogP contribution in [0.1, 0.15) is 57.2 Å². The van der Waals surface area contributed by atoms with Crippen molar-refractivity contribution in [2.24, 2.45) is 20.9 Å². The van der Waals surface area contributed by atoms with Crippen LogP contribution in [0.2, 0.25) is 0 Å². The van der Waals surface area contributed by atoms with Gasteiger partial charge >= 0.3 is 6.18 Å². The molecule has 2 aliphatic heterocycles. The molecular weight excluding hydrogens is 517 g/mol. The Bertz CT molecular complexity index is 1280. The van der Waals surface area contributed by atoms with E-state index in [2.05, 4.69) is 33.5 Å². The Morgan fingerprint density at radius 2 is 1.90 bits per heavy atom. The summed E-state index contributed by atoms with van der Waals surface area (Å²) in [6.45, 7) is 16.8. The lowest BCUT2D eigenvalue weighted by Crippen LogP contribution is -2.50. The normalized spacial score (nSPS) is 23.8. The maximum Gasteiger partial charge on any atom is 0.417 e. The highest BCUT2D eigenvalue weighted by Gasteiger charge is 2.40. The molecule has 0 aromatic heterocycles. The Balaban J connectivity index is 2.42. The molecule has 2 unspecified atom stereocenters. The van der Waals surface area contributed by atoms with Gasteiger partial charge in [-0.3, -0.25) is 0 Å². The van der Waals surface area contributed by atoms with Gasteiger partial charge in [-0.2, -0.15) is 13.2 Å². The van der Waals surface area contributed by atoms with Crippen molar-refractivity contribution in [1.29, 1.82) is 0 Å². The number of amidine groups is 2. The summed E-state index contributed by atoms with van der Waals surface area (Å²) in [5.41, 5.74) is -3.87. The fourth-order valence-corrected chi connectivity index (χ4v) is 5.08. The molecule has 2 bridgehead atoms. The van der Waals surface area contributed by atoms with E-state index in [4.69, 9.17) is 4.74 Å². The van der Waals surface area contributed by atoms with Crippen LogP contribution in [-0.2, 0) is 10.9 Å². The molecule has 6 nitrogen and oxygen atoms in total. The third-order valence-electron chi connectivity index (χ3n) is 6.65. The topological polar surface area (TPSA) is 61.6 Å². The van der Waals surface area contributed by atoms with Gasteiger partial charge in [0.15, 0.2) is 11.7 Å². The van der Waals surface area contributed by atoms with Gasteiger partial charge in [0.2, 0.25) is 5.88 Å². The van der Waals surface area contributed by atoms with Gasteiger partial charge in [-0.1, -0.05) is 27.4 Å². The van der Waals surface area contributed by atoms with Crippen molar-refractivity contribution in [3.63, 3.8) is 0 Å². The molecule has 0 saturated carbocycles.